The number of benzene rings is 10. The lowest BCUT2D eigenvalue weighted by molar-refractivity contribution is 0.669. The van der Waals surface area contributed by atoms with Crippen LogP contribution in [0.5, 0.6) is 0 Å². The fraction of sp³-hybridized carbons (Fsp3) is 0. The molecule has 0 fully saturated rings. The molecule has 0 N–H and O–H groups in total. The van der Waals surface area contributed by atoms with Gasteiger partial charge in [0.25, 0.3) is 0 Å². The minimum atomic E-state index is 0.879. The number of hydrogen-bond donors (Lipinski definition) is 0. The molecule has 0 aliphatic heterocycles. The van der Waals surface area contributed by atoms with Crippen LogP contribution >= 0.6 is 0 Å². The Kier molecular flexibility index (Phi) is 8.17. The molecule has 0 amide bonds. The van der Waals surface area contributed by atoms with Gasteiger partial charge in [0.15, 0.2) is 0 Å². The maximum absolute atomic E-state index is 6.58. The van der Waals surface area contributed by atoms with Crippen molar-refractivity contribution in [1.29, 1.82) is 0 Å². The van der Waals surface area contributed by atoms with E-state index >= 15 is 0 Å². The summed E-state index contributed by atoms with van der Waals surface area (Å²) in [5.74, 6) is 0. The molecular formula is C58H37NO2. The molecule has 0 radical (unpaired) electrons. The second kappa shape index (κ2) is 14.3. The molecule has 286 valence electrons. The van der Waals surface area contributed by atoms with Crippen LogP contribution in [-0.2, 0) is 0 Å². The Bertz CT molecular complexity index is 3610. The molecule has 3 nitrogen and oxygen atoms in total. The minimum absolute atomic E-state index is 0.879. The van der Waals surface area contributed by atoms with Crippen molar-refractivity contribution in [2.45, 2.75) is 0 Å². The molecule has 0 spiro atoms. The monoisotopic (exact) mass is 779 g/mol. The first-order chi connectivity index (χ1) is 30.3. The summed E-state index contributed by atoms with van der Waals surface area (Å²) < 4.78 is 12.9. The van der Waals surface area contributed by atoms with Gasteiger partial charge in [-0.05, 0) is 92.7 Å². The maximum Gasteiger partial charge on any atom is 0.143 e. The van der Waals surface area contributed by atoms with E-state index in [1.54, 1.807) is 0 Å². The fourth-order valence-electron chi connectivity index (χ4n) is 9.36. The molecule has 0 aliphatic rings. The molecule has 0 atom stereocenters. The summed E-state index contributed by atoms with van der Waals surface area (Å²) in [6.45, 7) is 0. The number of rotatable bonds is 7. The summed E-state index contributed by atoms with van der Waals surface area (Å²) in [5.41, 5.74) is 15.8. The highest BCUT2D eigenvalue weighted by atomic mass is 16.3. The molecule has 3 heteroatoms. The van der Waals surface area contributed by atoms with Gasteiger partial charge < -0.3 is 13.7 Å². The van der Waals surface area contributed by atoms with Crippen LogP contribution in [0.25, 0.3) is 99.2 Å². The lowest BCUT2D eigenvalue weighted by atomic mass is 9.90. The zero-order chi connectivity index (χ0) is 40.3. The number of furan rings is 2. The molecule has 2 heterocycles. The molecule has 0 bridgehead atoms. The summed E-state index contributed by atoms with van der Waals surface area (Å²) >= 11 is 0. The van der Waals surface area contributed by atoms with Crippen LogP contribution in [0.3, 0.4) is 0 Å². The summed E-state index contributed by atoms with van der Waals surface area (Å²) in [6, 6.07) is 80.0. The molecule has 0 aliphatic carbocycles. The standard InChI is InChI=1S/C58H37NO2/c1-2-16-38(17-3-1)44-27-12-18-39-19-13-30-49(56(39)44)47-24-4-7-32-52(47)59(42-22-10-20-40(36-42)45-28-15-35-55-57(45)51-26-6-9-34-54(51)60-55)43-23-11-21-41(37-43)46-29-14-31-50-48-25-5-8-33-53(48)61-58(46)50/h1-37H. The molecule has 2 aromatic heterocycles. The Hall–Kier alpha value is -8.14. The first kappa shape index (κ1) is 34.9. The van der Waals surface area contributed by atoms with Gasteiger partial charge in [-0.3, -0.25) is 0 Å². The zero-order valence-electron chi connectivity index (χ0n) is 33.1. The van der Waals surface area contributed by atoms with Crippen molar-refractivity contribution >= 4 is 71.7 Å². The second-order valence-corrected chi connectivity index (χ2v) is 15.6. The SMILES string of the molecule is c1ccc(-c2cccc3cccc(-c4ccccc4N(c4cccc(-c5cccc6c5oc5ccccc56)c4)c4cccc(-c5cccc6oc7ccccc7c56)c4)c23)cc1. The Morgan fingerprint density at radius 3 is 1.59 bits per heavy atom. The van der Waals surface area contributed by atoms with Crippen LogP contribution in [0.4, 0.5) is 17.1 Å². The van der Waals surface area contributed by atoms with Crippen molar-refractivity contribution in [3.8, 4) is 44.5 Å². The smallest absolute Gasteiger partial charge is 0.143 e. The highest BCUT2D eigenvalue weighted by Gasteiger charge is 2.22. The summed E-state index contributed by atoms with van der Waals surface area (Å²) in [7, 11) is 0. The molecule has 12 rings (SSSR count). The normalized spacial score (nSPS) is 11.6. The van der Waals surface area contributed by atoms with E-state index in [2.05, 4.69) is 205 Å². The van der Waals surface area contributed by atoms with E-state index in [4.69, 9.17) is 8.83 Å². The van der Waals surface area contributed by atoms with Gasteiger partial charge in [0.2, 0.25) is 0 Å². The van der Waals surface area contributed by atoms with E-state index in [-0.39, 0.29) is 0 Å². The van der Waals surface area contributed by atoms with Crippen LogP contribution in [0.15, 0.2) is 233 Å². The van der Waals surface area contributed by atoms with Gasteiger partial charge in [-0.2, -0.15) is 0 Å². The van der Waals surface area contributed by atoms with Crippen molar-refractivity contribution in [2.75, 3.05) is 4.90 Å². The molecule has 0 unspecified atom stereocenters. The van der Waals surface area contributed by atoms with E-state index < -0.39 is 0 Å². The molecule has 12 aromatic rings. The van der Waals surface area contributed by atoms with Crippen molar-refractivity contribution in [2.24, 2.45) is 0 Å². The number of fused-ring (bicyclic) bond motifs is 7. The van der Waals surface area contributed by atoms with Gasteiger partial charge in [0.1, 0.15) is 22.3 Å². The third-order valence-electron chi connectivity index (χ3n) is 12.1. The molecular weight excluding hydrogens is 743 g/mol. The van der Waals surface area contributed by atoms with E-state index in [1.807, 2.05) is 24.3 Å². The lowest BCUT2D eigenvalue weighted by Gasteiger charge is -2.29. The highest BCUT2D eigenvalue weighted by molar-refractivity contribution is 6.13. The fourth-order valence-corrected chi connectivity index (χ4v) is 9.36. The first-order valence-electron chi connectivity index (χ1n) is 20.7. The molecule has 0 saturated carbocycles. The predicted octanol–water partition coefficient (Wildman–Crippen LogP) is 16.8. The largest absolute Gasteiger partial charge is 0.456 e. The van der Waals surface area contributed by atoms with Gasteiger partial charge in [-0.1, -0.05) is 176 Å². The van der Waals surface area contributed by atoms with E-state index in [0.29, 0.717) is 0 Å². The van der Waals surface area contributed by atoms with Gasteiger partial charge in [-0.25, -0.2) is 0 Å². The van der Waals surface area contributed by atoms with Gasteiger partial charge in [0, 0.05) is 44.0 Å². The van der Waals surface area contributed by atoms with Crippen molar-refractivity contribution in [1.82, 2.24) is 0 Å². The third kappa shape index (κ3) is 5.82. The van der Waals surface area contributed by atoms with Crippen LogP contribution in [0.2, 0.25) is 0 Å². The lowest BCUT2D eigenvalue weighted by Crippen LogP contribution is -2.11. The first-order valence-corrected chi connectivity index (χ1v) is 20.7. The van der Waals surface area contributed by atoms with Gasteiger partial charge in [-0.15, -0.1) is 0 Å². The molecule has 61 heavy (non-hydrogen) atoms. The van der Waals surface area contributed by atoms with Crippen molar-refractivity contribution in [3.63, 3.8) is 0 Å². The summed E-state index contributed by atoms with van der Waals surface area (Å²) in [4.78, 5) is 2.42. The van der Waals surface area contributed by atoms with Crippen LogP contribution in [-0.4, -0.2) is 0 Å². The average Bonchev–Trinajstić information content (AvgIpc) is 3.91. The maximum atomic E-state index is 6.58. The molecule has 10 aromatic carbocycles. The quantitative estimate of drug-likeness (QED) is 0.161. The number of para-hydroxylation sites is 4. The van der Waals surface area contributed by atoms with Crippen LogP contribution in [0, 0.1) is 0 Å². The topological polar surface area (TPSA) is 29.5 Å². The van der Waals surface area contributed by atoms with E-state index in [0.717, 1.165) is 88.8 Å². The third-order valence-corrected chi connectivity index (χ3v) is 12.1. The van der Waals surface area contributed by atoms with Crippen molar-refractivity contribution in [3.05, 3.63) is 224 Å². The number of anilines is 3. The zero-order valence-corrected chi connectivity index (χ0v) is 33.1. The minimum Gasteiger partial charge on any atom is -0.456 e. The second-order valence-electron chi connectivity index (χ2n) is 15.6. The van der Waals surface area contributed by atoms with Crippen LogP contribution in [0.1, 0.15) is 0 Å². The Morgan fingerprint density at radius 2 is 0.803 bits per heavy atom. The van der Waals surface area contributed by atoms with Crippen molar-refractivity contribution < 1.29 is 8.83 Å². The van der Waals surface area contributed by atoms with Crippen LogP contribution < -0.4 is 4.90 Å². The van der Waals surface area contributed by atoms with E-state index in [1.165, 1.54) is 27.5 Å². The highest BCUT2D eigenvalue weighted by Crippen LogP contribution is 2.47. The Balaban J connectivity index is 1.10. The van der Waals surface area contributed by atoms with E-state index in [9.17, 15) is 0 Å². The van der Waals surface area contributed by atoms with Gasteiger partial charge in [0.05, 0.1) is 5.69 Å². The molecule has 0 saturated heterocycles. The van der Waals surface area contributed by atoms with Gasteiger partial charge >= 0.3 is 0 Å². The number of nitrogens with zero attached hydrogens (tertiary/aromatic N) is 1. The predicted molar refractivity (Wildman–Crippen MR) is 255 cm³/mol. The summed E-state index contributed by atoms with van der Waals surface area (Å²) in [6.07, 6.45) is 0. The Labute approximate surface area is 353 Å². The summed E-state index contributed by atoms with van der Waals surface area (Å²) in [5, 5.41) is 6.88. The average molecular weight is 780 g/mol. The Morgan fingerprint density at radius 1 is 0.295 bits per heavy atom. The number of hydrogen-bond acceptors (Lipinski definition) is 3.